The molecule has 0 aliphatic carbocycles. The zero-order valence-corrected chi connectivity index (χ0v) is 14.8. The molecule has 134 valence electrons. The number of H-pyrrole nitrogens is 1. The van der Waals surface area contributed by atoms with Gasteiger partial charge in [-0.15, -0.1) is 0 Å². The number of benzene rings is 1. The molecular formula is C20H22N4O2. The van der Waals surface area contributed by atoms with Crippen molar-refractivity contribution >= 4 is 16.8 Å². The molecule has 4 rings (SSSR count). The number of aromatic nitrogens is 3. The molecule has 0 radical (unpaired) electrons. The van der Waals surface area contributed by atoms with Crippen molar-refractivity contribution in [3.8, 4) is 0 Å². The molecule has 1 unspecified atom stereocenters. The van der Waals surface area contributed by atoms with Crippen LogP contribution in [0, 0.1) is 6.92 Å². The molecule has 6 heteroatoms. The molecule has 26 heavy (non-hydrogen) atoms. The van der Waals surface area contributed by atoms with Gasteiger partial charge >= 0.3 is 0 Å². The summed E-state index contributed by atoms with van der Waals surface area (Å²) in [6.45, 7) is 3.13. The van der Waals surface area contributed by atoms with Crippen LogP contribution in [0.3, 0.4) is 0 Å². The minimum Gasteiger partial charge on any atom is -0.392 e. The second kappa shape index (κ2) is 6.88. The maximum absolute atomic E-state index is 13.0. The molecule has 3 aromatic rings. The molecular weight excluding hydrogens is 328 g/mol. The van der Waals surface area contributed by atoms with Gasteiger partial charge in [-0.25, -0.2) is 9.97 Å². The molecule has 2 N–H and O–H groups in total. The van der Waals surface area contributed by atoms with Gasteiger partial charge < -0.3 is 15.0 Å². The predicted molar refractivity (Wildman–Crippen MR) is 98.9 cm³/mol. The highest BCUT2D eigenvalue weighted by Crippen LogP contribution is 2.29. The number of nitrogens with zero attached hydrogens (tertiary/aromatic N) is 3. The summed E-state index contributed by atoms with van der Waals surface area (Å²) in [6.07, 6.45) is 5.46. The van der Waals surface area contributed by atoms with Crippen molar-refractivity contribution in [3.63, 3.8) is 0 Å². The Morgan fingerprint density at radius 1 is 1.38 bits per heavy atom. The maximum atomic E-state index is 13.0. The van der Waals surface area contributed by atoms with Gasteiger partial charge in [-0.2, -0.15) is 0 Å². The lowest BCUT2D eigenvalue weighted by molar-refractivity contribution is 0.0705. The molecule has 3 heterocycles. The molecule has 1 aromatic carbocycles. The molecule has 2 aromatic heterocycles. The van der Waals surface area contributed by atoms with Crippen LogP contribution in [-0.4, -0.2) is 44.0 Å². The zero-order chi connectivity index (χ0) is 18.1. The smallest absolute Gasteiger partial charge is 0.253 e. The number of aliphatic hydroxyl groups excluding tert-OH is 1. The highest BCUT2D eigenvalue weighted by molar-refractivity contribution is 5.98. The van der Waals surface area contributed by atoms with Crippen LogP contribution >= 0.6 is 0 Å². The summed E-state index contributed by atoms with van der Waals surface area (Å²) in [5, 5.41) is 10.7. The van der Waals surface area contributed by atoms with Crippen molar-refractivity contribution < 1.29 is 9.90 Å². The highest BCUT2D eigenvalue weighted by atomic mass is 16.3. The van der Waals surface area contributed by atoms with Crippen LogP contribution < -0.4 is 0 Å². The molecule has 0 spiro atoms. The second-order valence-electron chi connectivity index (χ2n) is 6.86. The highest BCUT2D eigenvalue weighted by Gasteiger charge is 2.28. The van der Waals surface area contributed by atoms with Gasteiger partial charge in [0.1, 0.15) is 5.82 Å². The number of likely N-dealkylation sites (tertiary alicyclic amines) is 1. The van der Waals surface area contributed by atoms with E-state index in [0.717, 1.165) is 41.5 Å². The fraction of sp³-hybridized carbons (Fsp3) is 0.350. The maximum Gasteiger partial charge on any atom is 0.253 e. The Labute approximate surface area is 151 Å². The number of piperidine rings is 1. The van der Waals surface area contributed by atoms with Crippen LogP contribution in [-0.2, 0) is 6.61 Å². The first-order chi connectivity index (χ1) is 12.7. The van der Waals surface area contributed by atoms with Crippen LogP contribution in [0.4, 0.5) is 0 Å². The molecule has 0 saturated carbocycles. The van der Waals surface area contributed by atoms with E-state index in [1.807, 2.05) is 42.3 Å². The van der Waals surface area contributed by atoms with E-state index in [9.17, 15) is 9.90 Å². The normalized spacial score (nSPS) is 17.6. The van der Waals surface area contributed by atoms with E-state index >= 15 is 0 Å². The average Bonchev–Trinajstić information content (AvgIpc) is 3.15. The summed E-state index contributed by atoms with van der Waals surface area (Å²) >= 11 is 0. The molecule has 1 amide bonds. The third-order valence-corrected chi connectivity index (χ3v) is 5.09. The van der Waals surface area contributed by atoms with Gasteiger partial charge in [-0.1, -0.05) is 6.07 Å². The van der Waals surface area contributed by atoms with E-state index in [2.05, 4.69) is 15.0 Å². The fourth-order valence-corrected chi connectivity index (χ4v) is 3.74. The number of amides is 1. The number of hydrogen-bond donors (Lipinski definition) is 2. The Morgan fingerprint density at radius 3 is 3.12 bits per heavy atom. The summed E-state index contributed by atoms with van der Waals surface area (Å²) in [7, 11) is 0. The van der Waals surface area contributed by atoms with Gasteiger partial charge in [0, 0.05) is 48.0 Å². The number of fused-ring (bicyclic) bond motifs is 1. The molecule has 1 fully saturated rings. The van der Waals surface area contributed by atoms with E-state index in [4.69, 9.17) is 0 Å². The molecule has 0 bridgehead atoms. The summed E-state index contributed by atoms with van der Waals surface area (Å²) in [4.78, 5) is 26.8. The number of aliphatic hydroxyl groups is 1. The SMILES string of the molecule is Cc1ncc(CO)c(C2CCCN(C(=O)c3ccc4cc[nH]c4c3)C2)n1. The molecule has 1 saturated heterocycles. The van der Waals surface area contributed by atoms with Crippen molar-refractivity contribution in [1.29, 1.82) is 0 Å². The number of carbonyl (C=O) groups is 1. The number of aryl methyl sites for hydroxylation is 1. The third-order valence-electron chi connectivity index (χ3n) is 5.09. The van der Waals surface area contributed by atoms with Crippen molar-refractivity contribution in [2.45, 2.75) is 32.3 Å². The van der Waals surface area contributed by atoms with Crippen molar-refractivity contribution in [2.75, 3.05) is 13.1 Å². The number of hydrogen-bond acceptors (Lipinski definition) is 4. The number of carbonyl (C=O) groups excluding carboxylic acids is 1. The van der Waals surface area contributed by atoms with Gasteiger partial charge in [0.15, 0.2) is 0 Å². The van der Waals surface area contributed by atoms with E-state index in [0.29, 0.717) is 17.9 Å². The summed E-state index contributed by atoms with van der Waals surface area (Å²) in [5.74, 6) is 0.867. The molecule has 6 nitrogen and oxygen atoms in total. The van der Waals surface area contributed by atoms with E-state index in [1.165, 1.54) is 0 Å². The van der Waals surface area contributed by atoms with E-state index in [1.54, 1.807) is 6.20 Å². The molecule has 1 aliphatic heterocycles. The Kier molecular flexibility index (Phi) is 4.42. The van der Waals surface area contributed by atoms with Gasteiger partial charge in [-0.05, 0) is 43.4 Å². The first-order valence-electron chi connectivity index (χ1n) is 8.95. The Morgan fingerprint density at radius 2 is 2.27 bits per heavy atom. The van der Waals surface area contributed by atoms with Gasteiger partial charge in [0.25, 0.3) is 5.91 Å². The third kappa shape index (κ3) is 3.08. The van der Waals surface area contributed by atoms with E-state index < -0.39 is 0 Å². The summed E-state index contributed by atoms with van der Waals surface area (Å²) in [6, 6.07) is 7.76. The van der Waals surface area contributed by atoms with Crippen LogP contribution in [0.1, 0.15) is 46.2 Å². The topological polar surface area (TPSA) is 82.1 Å². The number of rotatable bonds is 3. The van der Waals surface area contributed by atoms with Crippen LogP contribution in [0.5, 0.6) is 0 Å². The number of aromatic amines is 1. The quantitative estimate of drug-likeness (QED) is 0.761. The first-order valence-corrected chi connectivity index (χ1v) is 8.95. The van der Waals surface area contributed by atoms with Crippen molar-refractivity contribution in [2.24, 2.45) is 0 Å². The Balaban J connectivity index is 1.58. The van der Waals surface area contributed by atoms with Gasteiger partial charge in [0.05, 0.1) is 12.3 Å². The molecule has 1 aliphatic rings. The summed E-state index contributed by atoms with van der Waals surface area (Å²) < 4.78 is 0. The van der Waals surface area contributed by atoms with Gasteiger partial charge in [-0.3, -0.25) is 4.79 Å². The summed E-state index contributed by atoms with van der Waals surface area (Å²) in [5.41, 5.74) is 3.29. The van der Waals surface area contributed by atoms with Crippen LogP contribution in [0.15, 0.2) is 36.7 Å². The van der Waals surface area contributed by atoms with Crippen molar-refractivity contribution in [3.05, 3.63) is 59.3 Å². The number of nitrogens with one attached hydrogen (secondary N) is 1. The largest absolute Gasteiger partial charge is 0.392 e. The van der Waals surface area contributed by atoms with Gasteiger partial charge in [0.2, 0.25) is 0 Å². The lowest BCUT2D eigenvalue weighted by Crippen LogP contribution is -2.39. The average molecular weight is 350 g/mol. The minimum absolute atomic E-state index is 0.0440. The zero-order valence-electron chi connectivity index (χ0n) is 14.8. The Hall–Kier alpha value is -2.73. The minimum atomic E-state index is -0.0798. The van der Waals surface area contributed by atoms with Crippen LogP contribution in [0.2, 0.25) is 0 Å². The van der Waals surface area contributed by atoms with Crippen LogP contribution in [0.25, 0.3) is 10.9 Å². The standard InChI is InChI=1S/C20H22N4O2/c1-13-22-10-17(12-25)19(23-13)16-3-2-8-24(11-16)20(26)15-5-4-14-6-7-21-18(14)9-15/h4-7,9-10,16,21,25H,2-3,8,11-12H2,1H3. The second-order valence-corrected chi connectivity index (χ2v) is 6.86. The molecule has 1 atom stereocenters. The lowest BCUT2D eigenvalue weighted by Gasteiger charge is -2.33. The fourth-order valence-electron chi connectivity index (χ4n) is 3.74. The predicted octanol–water partition coefficient (Wildman–Crippen LogP) is 2.78. The lowest BCUT2D eigenvalue weighted by atomic mass is 9.91. The van der Waals surface area contributed by atoms with Crippen molar-refractivity contribution in [1.82, 2.24) is 19.9 Å². The van der Waals surface area contributed by atoms with E-state index in [-0.39, 0.29) is 18.4 Å². The monoisotopic (exact) mass is 350 g/mol. The first kappa shape index (κ1) is 16.7. The Bertz CT molecular complexity index is 950.